The Morgan fingerprint density at radius 3 is 2.46 bits per heavy atom. The normalized spacial score (nSPS) is 18.9. The largest absolute Gasteiger partial charge is 0.354 e. The number of hydrogen-bond acceptors (Lipinski definition) is 4. The number of amides is 1. The highest BCUT2D eigenvalue weighted by Crippen LogP contribution is 2.34. The summed E-state index contributed by atoms with van der Waals surface area (Å²) in [6, 6.07) is 16.2. The maximum atomic E-state index is 13.2. The molecule has 1 N–H and O–H groups in total. The zero-order valence-electron chi connectivity index (χ0n) is 15.9. The highest BCUT2D eigenvalue weighted by Gasteiger charge is 2.28. The van der Waals surface area contributed by atoms with E-state index in [0.717, 1.165) is 67.6 Å². The van der Waals surface area contributed by atoms with E-state index in [9.17, 15) is 4.79 Å². The van der Waals surface area contributed by atoms with Gasteiger partial charge < -0.3 is 10.2 Å². The maximum absolute atomic E-state index is 13.2. The van der Waals surface area contributed by atoms with Crippen LogP contribution in [0.15, 0.2) is 48.5 Å². The summed E-state index contributed by atoms with van der Waals surface area (Å²) in [5.41, 5.74) is 4.12. The Morgan fingerprint density at radius 2 is 1.64 bits per heavy atom. The van der Waals surface area contributed by atoms with Gasteiger partial charge in [-0.1, -0.05) is 36.4 Å². The number of benzene rings is 2. The molecular weight excluding hydrogens is 348 g/mol. The molecule has 0 bridgehead atoms. The molecule has 1 aromatic heterocycles. The minimum atomic E-state index is -0.121. The first-order valence-electron chi connectivity index (χ1n) is 10.2. The van der Waals surface area contributed by atoms with Crippen LogP contribution in [0.4, 0.5) is 11.6 Å². The number of aryl methyl sites for hydroxylation is 1. The topological polar surface area (TPSA) is 58.1 Å². The first kappa shape index (κ1) is 17.2. The Morgan fingerprint density at radius 1 is 0.929 bits per heavy atom. The predicted octanol–water partition coefficient (Wildman–Crippen LogP) is 4.29. The van der Waals surface area contributed by atoms with Gasteiger partial charge in [-0.3, -0.25) is 4.79 Å². The van der Waals surface area contributed by atoms with E-state index in [0.29, 0.717) is 5.82 Å². The van der Waals surface area contributed by atoms with E-state index in [1.807, 2.05) is 30.3 Å². The van der Waals surface area contributed by atoms with Crippen LogP contribution in [-0.4, -0.2) is 29.0 Å². The molecule has 1 aliphatic heterocycles. The SMILES string of the molecule is O=C(Nc1nc2ccccc2nc1N1CCCC1)C1CCCc2ccccc21. The average molecular weight is 372 g/mol. The van der Waals surface area contributed by atoms with E-state index < -0.39 is 0 Å². The number of carbonyl (C=O) groups is 1. The van der Waals surface area contributed by atoms with Crippen LogP contribution in [0.5, 0.6) is 0 Å². The van der Waals surface area contributed by atoms with Gasteiger partial charge in [0.25, 0.3) is 0 Å². The number of fused-ring (bicyclic) bond motifs is 2. The predicted molar refractivity (Wildman–Crippen MR) is 112 cm³/mol. The molecule has 2 aliphatic rings. The number of carbonyl (C=O) groups excluding carboxylic acids is 1. The van der Waals surface area contributed by atoms with Crippen molar-refractivity contribution in [3.63, 3.8) is 0 Å². The fraction of sp³-hybridized carbons (Fsp3) is 0.348. The molecule has 1 atom stereocenters. The minimum Gasteiger partial charge on any atom is -0.354 e. The Bertz CT molecular complexity index is 1030. The molecule has 5 nitrogen and oxygen atoms in total. The summed E-state index contributed by atoms with van der Waals surface area (Å²) in [6.07, 6.45) is 5.27. The van der Waals surface area contributed by atoms with Crippen LogP contribution in [0.3, 0.4) is 0 Å². The van der Waals surface area contributed by atoms with Crippen molar-refractivity contribution in [2.45, 2.75) is 38.0 Å². The zero-order valence-corrected chi connectivity index (χ0v) is 15.9. The Hall–Kier alpha value is -2.95. The zero-order chi connectivity index (χ0) is 18.9. The van der Waals surface area contributed by atoms with Crippen LogP contribution in [0, 0.1) is 0 Å². The van der Waals surface area contributed by atoms with E-state index in [1.165, 1.54) is 5.56 Å². The van der Waals surface area contributed by atoms with Crippen molar-refractivity contribution in [3.8, 4) is 0 Å². The fourth-order valence-corrected chi connectivity index (χ4v) is 4.45. The second-order valence-electron chi connectivity index (χ2n) is 7.71. The average Bonchev–Trinajstić information content (AvgIpc) is 3.27. The third kappa shape index (κ3) is 3.11. The van der Waals surface area contributed by atoms with Crippen molar-refractivity contribution in [3.05, 3.63) is 59.7 Å². The number of hydrogen-bond donors (Lipinski definition) is 1. The summed E-state index contributed by atoms with van der Waals surface area (Å²) >= 11 is 0. The van der Waals surface area contributed by atoms with Crippen LogP contribution in [-0.2, 0) is 11.2 Å². The lowest BCUT2D eigenvalue weighted by Crippen LogP contribution is -2.27. The van der Waals surface area contributed by atoms with Crippen LogP contribution >= 0.6 is 0 Å². The highest BCUT2D eigenvalue weighted by molar-refractivity contribution is 5.98. The number of aromatic nitrogens is 2. The molecule has 1 aliphatic carbocycles. The molecule has 1 unspecified atom stereocenters. The van der Waals surface area contributed by atoms with E-state index in [4.69, 9.17) is 9.97 Å². The van der Waals surface area contributed by atoms with Gasteiger partial charge in [0.1, 0.15) is 0 Å². The molecule has 2 heterocycles. The van der Waals surface area contributed by atoms with Gasteiger partial charge in [0.05, 0.1) is 17.0 Å². The molecule has 0 saturated carbocycles. The first-order valence-corrected chi connectivity index (χ1v) is 10.2. The molecule has 0 radical (unpaired) electrons. The smallest absolute Gasteiger partial charge is 0.233 e. The van der Waals surface area contributed by atoms with Crippen LogP contribution in [0.2, 0.25) is 0 Å². The van der Waals surface area contributed by atoms with Gasteiger partial charge in [-0.05, 0) is 55.4 Å². The molecule has 28 heavy (non-hydrogen) atoms. The van der Waals surface area contributed by atoms with Gasteiger partial charge in [0.15, 0.2) is 11.6 Å². The Kier molecular flexibility index (Phi) is 4.43. The summed E-state index contributed by atoms with van der Waals surface area (Å²) in [7, 11) is 0. The Balaban J connectivity index is 1.50. The summed E-state index contributed by atoms with van der Waals surface area (Å²) in [4.78, 5) is 25.1. The molecule has 1 saturated heterocycles. The van der Waals surface area contributed by atoms with E-state index in [1.54, 1.807) is 0 Å². The second kappa shape index (κ2) is 7.23. The van der Waals surface area contributed by atoms with Crippen LogP contribution in [0.25, 0.3) is 11.0 Å². The molecule has 0 spiro atoms. The Labute approximate surface area is 164 Å². The molecule has 5 rings (SSSR count). The number of anilines is 2. The molecular formula is C23H24N4O. The third-order valence-electron chi connectivity index (χ3n) is 5.89. The second-order valence-corrected chi connectivity index (χ2v) is 7.71. The number of nitrogens with zero attached hydrogens (tertiary/aromatic N) is 3. The summed E-state index contributed by atoms with van der Waals surface area (Å²) in [5, 5.41) is 3.14. The number of para-hydroxylation sites is 2. The first-order chi connectivity index (χ1) is 13.8. The van der Waals surface area contributed by atoms with E-state index in [2.05, 4.69) is 28.4 Å². The van der Waals surface area contributed by atoms with Gasteiger partial charge in [-0.15, -0.1) is 0 Å². The summed E-state index contributed by atoms with van der Waals surface area (Å²) in [6.45, 7) is 1.92. The maximum Gasteiger partial charge on any atom is 0.233 e. The van der Waals surface area contributed by atoms with Gasteiger partial charge >= 0.3 is 0 Å². The van der Waals surface area contributed by atoms with E-state index in [-0.39, 0.29) is 11.8 Å². The summed E-state index contributed by atoms with van der Waals surface area (Å²) < 4.78 is 0. The van der Waals surface area contributed by atoms with Crippen molar-refractivity contribution in [2.75, 3.05) is 23.3 Å². The monoisotopic (exact) mass is 372 g/mol. The molecule has 142 valence electrons. The number of rotatable bonds is 3. The van der Waals surface area contributed by atoms with Crippen molar-refractivity contribution in [1.29, 1.82) is 0 Å². The van der Waals surface area contributed by atoms with Crippen LogP contribution in [0.1, 0.15) is 42.7 Å². The van der Waals surface area contributed by atoms with Crippen molar-refractivity contribution >= 4 is 28.6 Å². The quantitative estimate of drug-likeness (QED) is 0.745. The van der Waals surface area contributed by atoms with Crippen molar-refractivity contribution in [1.82, 2.24) is 9.97 Å². The van der Waals surface area contributed by atoms with E-state index >= 15 is 0 Å². The lowest BCUT2D eigenvalue weighted by atomic mass is 9.82. The molecule has 1 fully saturated rings. The standard InChI is InChI=1S/C23H24N4O/c28-23(18-11-7-9-16-8-1-2-10-17(16)18)26-21-22(27-14-5-6-15-27)25-20-13-4-3-12-19(20)24-21/h1-4,8,10,12-13,18H,5-7,9,11,14-15H2,(H,24,26,28). The number of nitrogens with one attached hydrogen (secondary N) is 1. The lowest BCUT2D eigenvalue weighted by molar-refractivity contribution is -0.117. The van der Waals surface area contributed by atoms with Crippen molar-refractivity contribution in [2.24, 2.45) is 0 Å². The van der Waals surface area contributed by atoms with Crippen molar-refractivity contribution < 1.29 is 4.79 Å². The van der Waals surface area contributed by atoms with Gasteiger partial charge in [0, 0.05) is 13.1 Å². The van der Waals surface area contributed by atoms with Gasteiger partial charge in [-0.25, -0.2) is 9.97 Å². The summed E-state index contributed by atoms with van der Waals surface area (Å²) in [5.74, 6) is 1.30. The third-order valence-corrected chi connectivity index (χ3v) is 5.89. The molecule has 2 aromatic carbocycles. The molecule has 3 aromatic rings. The van der Waals surface area contributed by atoms with Gasteiger partial charge in [-0.2, -0.15) is 0 Å². The van der Waals surface area contributed by atoms with Gasteiger partial charge in [0.2, 0.25) is 5.91 Å². The molecule has 1 amide bonds. The fourth-order valence-electron chi connectivity index (χ4n) is 4.45. The van der Waals surface area contributed by atoms with Crippen LogP contribution < -0.4 is 10.2 Å². The molecule has 5 heteroatoms. The lowest BCUT2D eigenvalue weighted by Gasteiger charge is -2.26. The highest BCUT2D eigenvalue weighted by atomic mass is 16.2. The minimum absolute atomic E-state index is 0.0252.